The Bertz CT molecular complexity index is 1220. The largest absolute Gasteiger partial charge is 0.416 e. The highest BCUT2D eigenvalue weighted by Gasteiger charge is 2.54. The fourth-order valence-electron chi connectivity index (χ4n) is 3.97. The summed E-state index contributed by atoms with van der Waals surface area (Å²) >= 11 is 6.30. The minimum Gasteiger partial charge on any atom is -0.313 e. The SMILES string of the molecule is CN(C(=O)C1(c2cc(C(F)(F)F)cc(C(F)(F)F)c2)CC1)c1cnccc1-c1ccccc1Cl. The fraction of sp³-hybridized carbons (Fsp3) is 0.250. The van der Waals surface area contributed by atoms with E-state index in [9.17, 15) is 31.1 Å². The third-order valence-electron chi connectivity index (χ3n) is 5.93. The van der Waals surface area contributed by atoms with Crippen LogP contribution < -0.4 is 4.90 Å². The fourth-order valence-corrected chi connectivity index (χ4v) is 4.21. The molecule has 1 aliphatic carbocycles. The van der Waals surface area contributed by atoms with Gasteiger partial charge in [0, 0.05) is 29.4 Å². The first kappa shape index (κ1) is 24.1. The zero-order valence-corrected chi connectivity index (χ0v) is 18.4. The van der Waals surface area contributed by atoms with Gasteiger partial charge in [0.1, 0.15) is 0 Å². The molecule has 0 saturated heterocycles. The average Bonchev–Trinajstić information content (AvgIpc) is 3.59. The number of amides is 1. The summed E-state index contributed by atoms with van der Waals surface area (Å²) in [5, 5.41) is 0.407. The van der Waals surface area contributed by atoms with E-state index in [4.69, 9.17) is 11.6 Å². The summed E-state index contributed by atoms with van der Waals surface area (Å²) in [5.41, 5.74) is -3.22. The van der Waals surface area contributed by atoms with Crippen LogP contribution in [-0.4, -0.2) is 17.9 Å². The van der Waals surface area contributed by atoms with Gasteiger partial charge in [-0.05, 0) is 48.7 Å². The van der Waals surface area contributed by atoms with Crippen LogP contribution in [0.3, 0.4) is 0 Å². The lowest BCUT2D eigenvalue weighted by atomic mass is 9.90. The van der Waals surface area contributed by atoms with Gasteiger partial charge in [0.05, 0.1) is 28.4 Å². The molecule has 34 heavy (non-hydrogen) atoms. The second-order valence-electron chi connectivity index (χ2n) is 8.11. The normalized spacial score (nSPS) is 15.2. The van der Waals surface area contributed by atoms with E-state index in [1.165, 1.54) is 24.3 Å². The van der Waals surface area contributed by atoms with E-state index < -0.39 is 34.8 Å². The van der Waals surface area contributed by atoms with Crippen LogP contribution in [0.2, 0.25) is 5.02 Å². The Morgan fingerprint density at radius 2 is 1.53 bits per heavy atom. The van der Waals surface area contributed by atoms with Crippen molar-refractivity contribution in [1.82, 2.24) is 4.98 Å². The average molecular weight is 499 g/mol. The van der Waals surface area contributed by atoms with Gasteiger partial charge in [-0.1, -0.05) is 29.8 Å². The van der Waals surface area contributed by atoms with Crippen LogP contribution in [0.25, 0.3) is 11.1 Å². The number of hydrogen-bond acceptors (Lipinski definition) is 2. The summed E-state index contributed by atoms with van der Waals surface area (Å²) in [6, 6.07) is 9.82. The van der Waals surface area contributed by atoms with E-state index in [0.717, 1.165) is 0 Å². The van der Waals surface area contributed by atoms with E-state index in [1.54, 1.807) is 30.3 Å². The maximum atomic E-state index is 13.5. The molecular formula is C24H17ClF6N2O. The molecule has 0 aliphatic heterocycles. The minimum atomic E-state index is -5.00. The van der Waals surface area contributed by atoms with Gasteiger partial charge in [0.25, 0.3) is 0 Å². The number of hydrogen-bond donors (Lipinski definition) is 0. The van der Waals surface area contributed by atoms with Crippen molar-refractivity contribution < 1.29 is 31.1 Å². The van der Waals surface area contributed by atoms with Gasteiger partial charge in [0.15, 0.2) is 0 Å². The predicted molar refractivity (Wildman–Crippen MR) is 115 cm³/mol. The molecule has 10 heteroatoms. The number of nitrogens with zero attached hydrogens (tertiary/aromatic N) is 2. The smallest absolute Gasteiger partial charge is 0.313 e. The van der Waals surface area contributed by atoms with Crippen molar-refractivity contribution >= 4 is 23.2 Å². The van der Waals surface area contributed by atoms with Crippen molar-refractivity contribution in [3.63, 3.8) is 0 Å². The summed E-state index contributed by atoms with van der Waals surface area (Å²) in [6.07, 6.45) is -6.86. The highest BCUT2D eigenvalue weighted by Crippen LogP contribution is 2.52. The van der Waals surface area contributed by atoms with Crippen molar-refractivity contribution in [2.45, 2.75) is 30.6 Å². The lowest BCUT2D eigenvalue weighted by Crippen LogP contribution is -2.37. The number of anilines is 1. The molecule has 4 rings (SSSR count). The Labute approximate surface area is 196 Å². The predicted octanol–water partition coefficient (Wildman–Crippen LogP) is 7.13. The Balaban J connectivity index is 1.78. The first-order valence-electron chi connectivity index (χ1n) is 10.1. The standard InChI is InChI=1S/C24H17ClF6N2O/c1-33(20-13-32-9-6-18(20)17-4-2-3-5-19(17)25)21(34)22(7-8-22)14-10-15(23(26,27)28)12-16(11-14)24(29,30)31/h2-6,9-13H,7-8H2,1H3. The molecule has 1 saturated carbocycles. The van der Waals surface area contributed by atoms with Crippen LogP contribution in [0.15, 0.2) is 60.9 Å². The Morgan fingerprint density at radius 3 is 2.06 bits per heavy atom. The van der Waals surface area contributed by atoms with Crippen molar-refractivity contribution in [2.75, 3.05) is 11.9 Å². The molecule has 0 spiro atoms. The van der Waals surface area contributed by atoms with Gasteiger partial charge in [-0.15, -0.1) is 0 Å². The zero-order valence-electron chi connectivity index (χ0n) is 17.6. The highest BCUT2D eigenvalue weighted by molar-refractivity contribution is 6.33. The molecule has 0 unspecified atom stereocenters. The highest BCUT2D eigenvalue weighted by atomic mass is 35.5. The van der Waals surface area contributed by atoms with Crippen molar-refractivity contribution in [3.05, 3.63) is 82.6 Å². The molecular weight excluding hydrogens is 482 g/mol. The molecule has 0 radical (unpaired) electrons. The number of alkyl halides is 6. The molecule has 0 N–H and O–H groups in total. The van der Waals surface area contributed by atoms with E-state index in [0.29, 0.717) is 34.0 Å². The monoisotopic (exact) mass is 498 g/mol. The van der Waals surface area contributed by atoms with Gasteiger partial charge in [0.2, 0.25) is 5.91 Å². The summed E-state index contributed by atoms with van der Waals surface area (Å²) in [4.78, 5) is 18.8. The minimum absolute atomic E-state index is 0.0599. The number of likely N-dealkylation sites (N-methyl/N-ethyl adjacent to an activating group) is 1. The van der Waals surface area contributed by atoms with Gasteiger partial charge in [-0.3, -0.25) is 9.78 Å². The van der Waals surface area contributed by atoms with Gasteiger partial charge in [-0.25, -0.2) is 0 Å². The van der Waals surface area contributed by atoms with Crippen molar-refractivity contribution in [3.8, 4) is 11.1 Å². The molecule has 0 atom stereocenters. The Hall–Kier alpha value is -3.07. The van der Waals surface area contributed by atoms with Crippen LogP contribution in [0.1, 0.15) is 29.5 Å². The molecule has 3 aromatic rings. The first-order valence-corrected chi connectivity index (χ1v) is 10.5. The second kappa shape index (κ2) is 8.30. The topological polar surface area (TPSA) is 33.2 Å². The summed E-state index contributed by atoms with van der Waals surface area (Å²) in [5.74, 6) is -0.624. The first-order chi connectivity index (χ1) is 15.8. The molecule has 3 nitrogen and oxygen atoms in total. The Morgan fingerprint density at radius 1 is 0.941 bits per heavy atom. The third kappa shape index (κ3) is 4.36. The maximum Gasteiger partial charge on any atom is 0.416 e. The molecule has 1 amide bonds. The lowest BCUT2D eigenvalue weighted by Gasteiger charge is -2.27. The summed E-state index contributed by atoms with van der Waals surface area (Å²) < 4.78 is 80.2. The summed E-state index contributed by atoms with van der Waals surface area (Å²) in [6.45, 7) is 0. The van der Waals surface area contributed by atoms with E-state index in [-0.39, 0.29) is 24.5 Å². The molecule has 1 aromatic heterocycles. The van der Waals surface area contributed by atoms with E-state index in [2.05, 4.69) is 4.98 Å². The number of benzene rings is 2. The van der Waals surface area contributed by atoms with Crippen LogP contribution in [0.5, 0.6) is 0 Å². The van der Waals surface area contributed by atoms with E-state index in [1.807, 2.05) is 0 Å². The summed E-state index contributed by atoms with van der Waals surface area (Å²) in [7, 11) is 1.41. The lowest BCUT2D eigenvalue weighted by molar-refractivity contribution is -0.143. The van der Waals surface area contributed by atoms with Crippen LogP contribution >= 0.6 is 11.6 Å². The zero-order chi connectivity index (χ0) is 24.9. The molecule has 1 aliphatic rings. The molecule has 178 valence electrons. The number of halogens is 7. The number of aromatic nitrogens is 1. The number of pyridine rings is 1. The Kier molecular flexibility index (Phi) is 5.88. The van der Waals surface area contributed by atoms with Gasteiger partial charge >= 0.3 is 12.4 Å². The van der Waals surface area contributed by atoms with Crippen LogP contribution in [0.4, 0.5) is 32.0 Å². The van der Waals surface area contributed by atoms with Gasteiger partial charge in [-0.2, -0.15) is 26.3 Å². The molecule has 1 heterocycles. The number of carbonyl (C=O) groups is 1. The molecule has 1 fully saturated rings. The third-order valence-corrected chi connectivity index (χ3v) is 6.26. The van der Waals surface area contributed by atoms with Crippen LogP contribution in [0, 0.1) is 0 Å². The van der Waals surface area contributed by atoms with Crippen molar-refractivity contribution in [1.29, 1.82) is 0 Å². The quantitative estimate of drug-likeness (QED) is 0.358. The van der Waals surface area contributed by atoms with Gasteiger partial charge < -0.3 is 4.90 Å². The van der Waals surface area contributed by atoms with Crippen molar-refractivity contribution in [2.24, 2.45) is 0 Å². The maximum absolute atomic E-state index is 13.5. The van der Waals surface area contributed by atoms with E-state index >= 15 is 0 Å². The molecule has 0 bridgehead atoms. The number of rotatable bonds is 4. The molecule has 2 aromatic carbocycles. The number of carbonyl (C=O) groups excluding carboxylic acids is 1. The second-order valence-corrected chi connectivity index (χ2v) is 8.52. The van der Waals surface area contributed by atoms with Crippen LogP contribution in [-0.2, 0) is 22.6 Å².